The van der Waals surface area contributed by atoms with Gasteiger partial charge in [-0.3, -0.25) is 4.79 Å². The van der Waals surface area contributed by atoms with E-state index in [-0.39, 0.29) is 41.5 Å². The number of rotatable bonds is 4. The summed E-state index contributed by atoms with van der Waals surface area (Å²) < 4.78 is 28.0. The molecule has 3 saturated heterocycles. The maximum Gasteiger partial charge on any atom is 0.254 e. The number of hydrogen-bond donors (Lipinski definition) is 1. The quantitative estimate of drug-likeness (QED) is 0.834. The molecule has 3 fully saturated rings. The molecule has 0 aromatic heterocycles. The van der Waals surface area contributed by atoms with E-state index in [1.807, 2.05) is 18.7 Å². The second kappa shape index (κ2) is 7.43. The zero-order valence-corrected chi connectivity index (χ0v) is 17.5. The van der Waals surface area contributed by atoms with Crippen LogP contribution in [0.5, 0.6) is 0 Å². The van der Waals surface area contributed by atoms with Gasteiger partial charge in [-0.1, -0.05) is 12.5 Å². The van der Waals surface area contributed by atoms with Crippen molar-refractivity contribution in [3.8, 4) is 0 Å². The van der Waals surface area contributed by atoms with Crippen LogP contribution < -0.4 is 0 Å². The molecule has 6 nitrogen and oxygen atoms in total. The fourth-order valence-electron chi connectivity index (χ4n) is 5.32. The lowest BCUT2D eigenvalue weighted by Gasteiger charge is -2.32. The molecule has 1 N–H and O–H groups in total. The lowest BCUT2D eigenvalue weighted by atomic mass is 9.90. The number of benzene rings is 1. The highest BCUT2D eigenvalue weighted by atomic mass is 32.2. The first kappa shape index (κ1) is 19.9. The number of hydrogen-bond acceptors (Lipinski definition) is 4. The molecular weight excluding hydrogens is 376 g/mol. The summed E-state index contributed by atoms with van der Waals surface area (Å²) in [7, 11) is -3.61. The summed E-state index contributed by atoms with van der Waals surface area (Å²) in [4.78, 5) is 15.5. The number of fused-ring (bicyclic) bond motifs is 2. The van der Waals surface area contributed by atoms with Gasteiger partial charge in [-0.15, -0.1) is 0 Å². The first-order valence-corrected chi connectivity index (χ1v) is 11.8. The number of aliphatic hydroxyl groups is 1. The molecule has 1 aromatic rings. The molecule has 1 amide bonds. The van der Waals surface area contributed by atoms with E-state index in [2.05, 4.69) is 0 Å². The van der Waals surface area contributed by atoms with Gasteiger partial charge in [0.25, 0.3) is 5.91 Å². The van der Waals surface area contributed by atoms with Crippen LogP contribution in [0.1, 0.15) is 61.4 Å². The molecule has 0 spiro atoms. The SMILES string of the molecule is Cc1ccc(S(=O)(=O)N2CCCC[C@@H]2C)cc1C(=O)N1[C@H]2CC[C@H]1[C@H](CO)C2. The highest BCUT2D eigenvalue weighted by Crippen LogP contribution is 2.42. The molecule has 3 aliphatic heterocycles. The average molecular weight is 407 g/mol. The Morgan fingerprint density at radius 2 is 2.00 bits per heavy atom. The van der Waals surface area contributed by atoms with Gasteiger partial charge in [-0.25, -0.2) is 8.42 Å². The summed E-state index contributed by atoms with van der Waals surface area (Å²) in [5, 5.41) is 9.61. The Balaban J connectivity index is 1.65. The Morgan fingerprint density at radius 3 is 2.68 bits per heavy atom. The van der Waals surface area contributed by atoms with Crippen LogP contribution in [0.2, 0.25) is 0 Å². The van der Waals surface area contributed by atoms with Crippen LogP contribution >= 0.6 is 0 Å². The third-order valence-corrected chi connectivity index (χ3v) is 8.93. The minimum Gasteiger partial charge on any atom is -0.396 e. The maximum atomic E-state index is 13.3. The minimum absolute atomic E-state index is 0.0149. The van der Waals surface area contributed by atoms with Crippen LogP contribution in [-0.4, -0.2) is 59.9 Å². The van der Waals surface area contributed by atoms with E-state index in [0.29, 0.717) is 12.1 Å². The lowest BCUT2D eigenvalue weighted by Crippen LogP contribution is -2.42. The van der Waals surface area contributed by atoms with Crippen molar-refractivity contribution in [2.75, 3.05) is 13.2 Å². The highest BCUT2D eigenvalue weighted by molar-refractivity contribution is 7.89. The predicted molar refractivity (Wildman–Crippen MR) is 107 cm³/mol. The summed E-state index contributed by atoms with van der Waals surface area (Å²) in [6.07, 6.45) is 5.53. The first-order chi connectivity index (χ1) is 13.3. The second-order valence-electron chi connectivity index (χ2n) is 8.63. The molecule has 4 atom stereocenters. The minimum atomic E-state index is -3.61. The van der Waals surface area contributed by atoms with E-state index >= 15 is 0 Å². The number of piperidine rings is 1. The van der Waals surface area contributed by atoms with Gasteiger partial charge in [0.15, 0.2) is 0 Å². The first-order valence-electron chi connectivity index (χ1n) is 10.4. The molecule has 0 saturated carbocycles. The zero-order valence-electron chi connectivity index (χ0n) is 16.7. The van der Waals surface area contributed by atoms with E-state index in [9.17, 15) is 18.3 Å². The van der Waals surface area contributed by atoms with Gasteiger partial charge in [-0.2, -0.15) is 4.31 Å². The van der Waals surface area contributed by atoms with Crippen LogP contribution in [0, 0.1) is 12.8 Å². The molecule has 1 aromatic carbocycles. The van der Waals surface area contributed by atoms with Crippen molar-refractivity contribution in [1.82, 2.24) is 9.21 Å². The van der Waals surface area contributed by atoms with Crippen molar-refractivity contribution in [2.24, 2.45) is 5.92 Å². The molecule has 28 heavy (non-hydrogen) atoms. The molecular formula is C21H30N2O4S. The van der Waals surface area contributed by atoms with Gasteiger partial charge < -0.3 is 10.0 Å². The molecule has 3 heterocycles. The summed E-state index contributed by atoms with van der Waals surface area (Å²) in [5.41, 5.74) is 1.27. The summed E-state index contributed by atoms with van der Waals surface area (Å²) in [6.45, 7) is 4.45. The van der Waals surface area contributed by atoms with E-state index in [4.69, 9.17) is 0 Å². The van der Waals surface area contributed by atoms with Crippen molar-refractivity contribution in [2.45, 2.75) is 75.4 Å². The van der Waals surface area contributed by atoms with E-state index in [1.54, 1.807) is 22.5 Å². The fraction of sp³-hybridized carbons (Fsp3) is 0.667. The standard InChI is InChI=1S/C21H30N2O4S/c1-14-6-8-18(28(26,27)22-10-4-3-5-15(22)2)12-19(14)21(25)23-17-7-9-20(23)16(11-17)13-24/h6,8,12,15-17,20,24H,3-5,7,9-11,13H2,1-2H3/t15-,16-,17-,20-/m0/s1. The topological polar surface area (TPSA) is 77.9 Å². The largest absolute Gasteiger partial charge is 0.396 e. The number of sulfonamides is 1. The normalized spacial score (nSPS) is 30.8. The van der Waals surface area contributed by atoms with E-state index in [0.717, 1.165) is 44.1 Å². The number of amides is 1. The number of aryl methyl sites for hydroxylation is 1. The zero-order chi connectivity index (χ0) is 20.1. The predicted octanol–water partition coefficient (Wildman–Crippen LogP) is 2.54. The number of carbonyl (C=O) groups is 1. The van der Waals surface area contributed by atoms with Crippen molar-refractivity contribution >= 4 is 15.9 Å². The molecule has 3 aliphatic rings. The van der Waals surface area contributed by atoms with Crippen molar-refractivity contribution in [3.63, 3.8) is 0 Å². The Kier molecular flexibility index (Phi) is 5.27. The third kappa shape index (κ3) is 3.17. The summed E-state index contributed by atoms with van der Waals surface area (Å²) in [5.74, 6) is 0.0498. The average Bonchev–Trinajstić information content (AvgIpc) is 3.25. The fourth-order valence-corrected chi connectivity index (χ4v) is 7.05. The molecule has 4 rings (SSSR count). The summed E-state index contributed by atoms with van der Waals surface area (Å²) in [6, 6.07) is 5.16. The maximum absolute atomic E-state index is 13.3. The number of aliphatic hydroxyl groups excluding tert-OH is 1. The monoisotopic (exact) mass is 406 g/mol. The van der Waals surface area contributed by atoms with Gasteiger partial charge in [0.1, 0.15) is 0 Å². The smallest absolute Gasteiger partial charge is 0.254 e. The molecule has 0 radical (unpaired) electrons. The van der Waals surface area contributed by atoms with Crippen LogP contribution in [0.4, 0.5) is 0 Å². The van der Waals surface area contributed by atoms with Crippen molar-refractivity contribution in [3.05, 3.63) is 29.3 Å². The van der Waals surface area contributed by atoms with Gasteiger partial charge in [-0.05, 0) is 63.6 Å². The van der Waals surface area contributed by atoms with Crippen LogP contribution in [-0.2, 0) is 10.0 Å². The van der Waals surface area contributed by atoms with Crippen LogP contribution in [0.3, 0.4) is 0 Å². The Labute approximate surface area is 167 Å². The van der Waals surface area contributed by atoms with Crippen LogP contribution in [0.25, 0.3) is 0 Å². The Hall–Kier alpha value is -1.44. The number of nitrogens with zero attached hydrogens (tertiary/aromatic N) is 2. The second-order valence-corrected chi connectivity index (χ2v) is 10.5. The van der Waals surface area contributed by atoms with Gasteiger partial charge >= 0.3 is 0 Å². The molecule has 2 bridgehead atoms. The van der Waals surface area contributed by atoms with Gasteiger partial charge in [0.05, 0.1) is 4.90 Å². The summed E-state index contributed by atoms with van der Waals surface area (Å²) >= 11 is 0. The van der Waals surface area contributed by atoms with Crippen molar-refractivity contribution in [1.29, 1.82) is 0 Å². The van der Waals surface area contributed by atoms with Gasteiger partial charge in [0, 0.05) is 42.8 Å². The van der Waals surface area contributed by atoms with E-state index < -0.39 is 10.0 Å². The van der Waals surface area contributed by atoms with Crippen molar-refractivity contribution < 1.29 is 18.3 Å². The number of carbonyl (C=O) groups excluding carboxylic acids is 1. The lowest BCUT2D eigenvalue weighted by molar-refractivity contribution is 0.0706. The Morgan fingerprint density at radius 1 is 1.21 bits per heavy atom. The highest BCUT2D eigenvalue weighted by Gasteiger charge is 2.48. The molecule has 7 heteroatoms. The molecule has 0 aliphatic carbocycles. The van der Waals surface area contributed by atoms with Crippen LogP contribution in [0.15, 0.2) is 23.1 Å². The molecule has 0 unspecified atom stereocenters. The molecule has 154 valence electrons. The van der Waals surface area contributed by atoms with E-state index in [1.165, 1.54) is 0 Å². The third-order valence-electron chi connectivity index (χ3n) is 6.92. The Bertz CT molecular complexity index is 869. The van der Waals surface area contributed by atoms with Gasteiger partial charge in [0.2, 0.25) is 10.0 Å².